The van der Waals surface area contributed by atoms with Gasteiger partial charge in [-0.2, -0.15) is 0 Å². The fourth-order valence-electron chi connectivity index (χ4n) is 1.80. The van der Waals surface area contributed by atoms with Gasteiger partial charge in [0.15, 0.2) is 0 Å². The summed E-state index contributed by atoms with van der Waals surface area (Å²) in [6, 6.07) is 10.0. The van der Waals surface area contributed by atoms with Crippen LogP contribution in [0.4, 0.5) is 5.69 Å². The summed E-state index contributed by atoms with van der Waals surface area (Å²) in [7, 11) is 0. The molecule has 4 nitrogen and oxygen atoms in total. The molecule has 0 aromatic heterocycles. The van der Waals surface area contributed by atoms with Crippen LogP contribution in [0.5, 0.6) is 0 Å². The molecule has 0 aliphatic rings. The zero-order valence-corrected chi connectivity index (χ0v) is 14.2. The fourth-order valence-corrected chi connectivity index (χ4v) is 2.83. The number of carbonyl (C=O) groups is 2. The smallest absolute Gasteiger partial charge is 0.337 e. The lowest BCUT2D eigenvalue weighted by atomic mass is 10.1. The van der Waals surface area contributed by atoms with Gasteiger partial charge in [-0.25, -0.2) is 4.79 Å². The van der Waals surface area contributed by atoms with Crippen LogP contribution in [-0.2, 0) is 0 Å². The molecule has 0 fully saturated rings. The molecule has 0 heterocycles. The molecule has 21 heavy (non-hydrogen) atoms. The molecule has 6 heteroatoms. The Balaban J connectivity index is 2.34. The first-order chi connectivity index (χ1) is 9.88. The molecule has 0 unspecified atom stereocenters. The van der Waals surface area contributed by atoms with Gasteiger partial charge in [0.05, 0.1) is 16.8 Å². The predicted molar refractivity (Wildman–Crippen MR) is 87.9 cm³/mol. The average Bonchev–Trinajstić information content (AvgIpc) is 2.40. The molecule has 2 rings (SSSR count). The lowest BCUT2D eigenvalue weighted by Gasteiger charge is -2.10. The van der Waals surface area contributed by atoms with Gasteiger partial charge in [-0.05, 0) is 58.7 Å². The number of aryl methyl sites for hydroxylation is 1. The Hall–Kier alpha value is -1.66. The molecule has 0 atom stereocenters. The normalized spacial score (nSPS) is 10.2. The Bertz CT molecular complexity index is 729. The Kier molecular flexibility index (Phi) is 4.80. The minimum Gasteiger partial charge on any atom is -0.478 e. The van der Waals surface area contributed by atoms with E-state index in [4.69, 9.17) is 0 Å². The zero-order valence-electron chi connectivity index (χ0n) is 11.0. The fraction of sp³-hybridized carbons (Fsp3) is 0.0667. The first kappa shape index (κ1) is 15.7. The lowest BCUT2D eigenvalue weighted by Crippen LogP contribution is -2.15. The Labute approximate surface area is 138 Å². The molecular formula is C15H11Br2NO3. The molecular weight excluding hydrogens is 402 g/mol. The largest absolute Gasteiger partial charge is 0.478 e. The van der Waals surface area contributed by atoms with Crippen molar-refractivity contribution in [3.8, 4) is 0 Å². The minimum absolute atomic E-state index is 0.0287. The highest BCUT2D eigenvalue weighted by Crippen LogP contribution is 2.24. The molecule has 0 saturated heterocycles. The number of benzene rings is 2. The van der Waals surface area contributed by atoms with Gasteiger partial charge < -0.3 is 10.4 Å². The van der Waals surface area contributed by atoms with Gasteiger partial charge in [-0.15, -0.1) is 0 Å². The Morgan fingerprint density at radius 1 is 1.05 bits per heavy atom. The van der Waals surface area contributed by atoms with Gasteiger partial charge in [0.2, 0.25) is 0 Å². The molecule has 2 aromatic carbocycles. The summed E-state index contributed by atoms with van der Waals surface area (Å²) < 4.78 is 1.29. The van der Waals surface area contributed by atoms with E-state index in [0.717, 1.165) is 5.56 Å². The summed E-state index contributed by atoms with van der Waals surface area (Å²) in [6.45, 7) is 1.92. The molecule has 0 saturated carbocycles. The van der Waals surface area contributed by atoms with E-state index in [-0.39, 0.29) is 17.2 Å². The maximum Gasteiger partial charge on any atom is 0.337 e. The van der Waals surface area contributed by atoms with Gasteiger partial charge in [-0.1, -0.05) is 22.0 Å². The quantitative estimate of drug-likeness (QED) is 0.781. The second kappa shape index (κ2) is 6.41. The number of carboxylic acid groups (broad SMARTS) is 1. The van der Waals surface area contributed by atoms with Crippen LogP contribution in [0.3, 0.4) is 0 Å². The SMILES string of the molecule is Cc1ccc(C(=O)Nc2ccc(Br)cc2C(=O)O)c(Br)c1. The molecule has 108 valence electrons. The van der Waals surface area contributed by atoms with Gasteiger partial charge in [-0.3, -0.25) is 4.79 Å². The van der Waals surface area contributed by atoms with Gasteiger partial charge in [0.1, 0.15) is 0 Å². The Morgan fingerprint density at radius 2 is 1.76 bits per heavy atom. The summed E-state index contributed by atoms with van der Waals surface area (Å²) in [5.41, 5.74) is 1.75. The highest BCUT2D eigenvalue weighted by Gasteiger charge is 2.15. The van der Waals surface area contributed by atoms with Crippen LogP contribution in [0.1, 0.15) is 26.3 Å². The van der Waals surface area contributed by atoms with E-state index < -0.39 is 5.97 Å². The summed E-state index contributed by atoms with van der Waals surface area (Å²) >= 11 is 6.55. The molecule has 0 radical (unpaired) electrons. The zero-order chi connectivity index (χ0) is 15.6. The summed E-state index contributed by atoms with van der Waals surface area (Å²) in [6.07, 6.45) is 0. The maximum absolute atomic E-state index is 12.3. The van der Waals surface area contributed by atoms with Crippen LogP contribution in [0, 0.1) is 6.92 Å². The lowest BCUT2D eigenvalue weighted by molar-refractivity contribution is 0.0698. The molecule has 1 amide bonds. The Morgan fingerprint density at radius 3 is 2.38 bits per heavy atom. The predicted octanol–water partition coefficient (Wildman–Crippen LogP) is 4.47. The summed E-state index contributed by atoms with van der Waals surface area (Å²) in [5, 5.41) is 11.8. The van der Waals surface area contributed by atoms with E-state index >= 15 is 0 Å². The minimum atomic E-state index is -1.10. The van der Waals surface area contributed by atoms with Crippen LogP contribution >= 0.6 is 31.9 Å². The van der Waals surface area contributed by atoms with Crippen molar-refractivity contribution in [3.63, 3.8) is 0 Å². The molecule has 2 N–H and O–H groups in total. The van der Waals surface area contributed by atoms with E-state index in [1.54, 1.807) is 18.2 Å². The standard InChI is InChI=1S/C15H11Br2NO3/c1-8-2-4-10(12(17)6-8)14(19)18-13-5-3-9(16)7-11(13)15(20)21/h2-7H,1H3,(H,18,19)(H,20,21). The second-order valence-electron chi connectivity index (χ2n) is 4.43. The topological polar surface area (TPSA) is 66.4 Å². The summed E-state index contributed by atoms with van der Waals surface area (Å²) in [4.78, 5) is 23.5. The number of hydrogen-bond donors (Lipinski definition) is 2. The van der Waals surface area contributed by atoms with Gasteiger partial charge in [0.25, 0.3) is 5.91 Å². The molecule has 0 aliphatic carbocycles. The third-order valence-electron chi connectivity index (χ3n) is 2.83. The third-order valence-corrected chi connectivity index (χ3v) is 3.98. The number of aromatic carboxylic acids is 1. The van der Waals surface area contributed by atoms with Gasteiger partial charge in [0, 0.05) is 8.95 Å². The van der Waals surface area contributed by atoms with Crippen LogP contribution in [0.15, 0.2) is 45.3 Å². The van der Waals surface area contributed by atoms with Crippen LogP contribution < -0.4 is 5.32 Å². The van der Waals surface area contributed by atoms with Crippen molar-refractivity contribution in [2.24, 2.45) is 0 Å². The van der Waals surface area contributed by atoms with Crippen LogP contribution in [0.2, 0.25) is 0 Å². The number of hydrogen-bond acceptors (Lipinski definition) is 2. The van der Waals surface area contributed by atoms with Crippen molar-refractivity contribution in [2.45, 2.75) is 6.92 Å². The number of carboxylic acids is 1. The molecule has 0 spiro atoms. The van der Waals surface area contributed by atoms with Crippen molar-refractivity contribution in [2.75, 3.05) is 5.32 Å². The molecule has 2 aromatic rings. The number of anilines is 1. The van der Waals surface area contributed by atoms with Crippen molar-refractivity contribution < 1.29 is 14.7 Å². The van der Waals surface area contributed by atoms with Crippen LogP contribution in [0.25, 0.3) is 0 Å². The molecule has 0 bridgehead atoms. The van der Waals surface area contributed by atoms with Gasteiger partial charge >= 0.3 is 5.97 Å². The van der Waals surface area contributed by atoms with Crippen molar-refractivity contribution in [1.29, 1.82) is 0 Å². The average molecular weight is 413 g/mol. The highest BCUT2D eigenvalue weighted by atomic mass is 79.9. The van der Waals surface area contributed by atoms with E-state index in [0.29, 0.717) is 14.5 Å². The molecule has 0 aliphatic heterocycles. The van der Waals surface area contributed by atoms with E-state index in [9.17, 15) is 14.7 Å². The number of halogens is 2. The van der Waals surface area contributed by atoms with Crippen LogP contribution in [-0.4, -0.2) is 17.0 Å². The van der Waals surface area contributed by atoms with Crippen molar-refractivity contribution in [3.05, 3.63) is 62.0 Å². The number of nitrogens with one attached hydrogen (secondary N) is 1. The number of carbonyl (C=O) groups excluding carboxylic acids is 1. The maximum atomic E-state index is 12.3. The number of amides is 1. The van der Waals surface area contributed by atoms with E-state index in [1.165, 1.54) is 6.07 Å². The van der Waals surface area contributed by atoms with E-state index in [2.05, 4.69) is 37.2 Å². The van der Waals surface area contributed by atoms with E-state index in [1.807, 2.05) is 19.1 Å². The first-order valence-corrected chi connectivity index (χ1v) is 7.57. The monoisotopic (exact) mass is 411 g/mol. The number of rotatable bonds is 3. The second-order valence-corrected chi connectivity index (χ2v) is 6.20. The van der Waals surface area contributed by atoms with Crippen molar-refractivity contribution >= 4 is 49.4 Å². The highest BCUT2D eigenvalue weighted by molar-refractivity contribution is 9.10. The summed E-state index contributed by atoms with van der Waals surface area (Å²) in [5.74, 6) is -1.47. The first-order valence-electron chi connectivity index (χ1n) is 5.99. The van der Waals surface area contributed by atoms with Crippen molar-refractivity contribution in [1.82, 2.24) is 0 Å². The third kappa shape index (κ3) is 3.71.